The molecule has 0 unspecified atom stereocenters. The van der Waals surface area contributed by atoms with Crippen LogP contribution in [-0.4, -0.2) is 60.6 Å². The summed E-state index contributed by atoms with van der Waals surface area (Å²) in [5.74, 6) is 1.39. The molecule has 7 heteroatoms. The topological polar surface area (TPSA) is 70.6 Å². The van der Waals surface area contributed by atoms with E-state index in [9.17, 15) is 4.79 Å². The maximum absolute atomic E-state index is 12.7. The molecular formula is C19H23N5O2. The number of piperazine rings is 1. The number of aromatic nitrogens is 2. The Morgan fingerprint density at radius 3 is 2.77 bits per heavy atom. The molecule has 0 spiro atoms. The van der Waals surface area contributed by atoms with Crippen LogP contribution in [-0.2, 0) is 0 Å². The predicted molar refractivity (Wildman–Crippen MR) is 102 cm³/mol. The number of methoxy groups -OCH3 is 1. The molecule has 0 radical (unpaired) electrons. The standard InChI is InChI=1S/C19H23N5O2/c1-3-8-20-18-13-15(21-14-22-18)19(25)24-11-9-23(10-12-24)16-6-4-5-7-17(16)26-2/h3-7,13-14H,1,8-12H2,2H3,(H,20,21,22). The Bertz CT molecular complexity index is 772. The number of rotatable bonds is 6. The number of anilines is 2. The van der Waals surface area contributed by atoms with Crippen LogP contribution in [0, 0.1) is 0 Å². The van der Waals surface area contributed by atoms with Crippen LogP contribution in [0.3, 0.4) is 0 Å². The van der Waals surface area contributed by atoms with Crippen LogP contribution in [0.25, 0.3) is 0 Å². The van der Waals surface area contributed by atoms with Crippen molar-refractivity contribution >= 4 is 17.4 Å². The Hall–Kier alpha value is -3.09. The monoisotopic (exact) mass is 353 g/mol. The number of hydrogen-bond acceptors (Lipinski definition) is 6. The first-order valence-electron chi connectivity index (χ1n) is 8.57. The number of hydrogen-bond donors (Lipinski definition) is 1. The van der Waals surface area contributed by atoms with Crippen LogP contribution in [0.5, 0.6) is 5.75 Å². The Labute approximate surface area is 153 Å². The molecule has 1 aliphatic rings. The van der Waals surface area contributed by atoms with Crippen molar-refractivity contribution in [1.29, 1.82) is 0 Å². The zero-order chi connectivity index (χ0) is 18.4. The average molecular weight is 353 g/mol. The lowest BCUT2D eigenvalue weighted by atomic mass is 10.2. The molecule has 3 rings (SSSR count). The second-order valence-corrected chi connectivity index (χ2v) is 5.91. The number of carbonyl (C=O) groups excluding carboxylic acids is 1. The van der Waals surface area contributed by atoms with Crippen molar-refractivity contribution in [2.24, 2.45) is 0 Å². The fourth-order valence-corrected chi connectivity index (χ4v) is 2.95. The van der Waals surface area contributed by atoms with E-state index in [1.54, 1.807) is 19.3 Å². The van der Waals surface area contributed by atoms with Gasteiger partial charge in [-0.15, -0.1) is 6.58 Å². The molecule has 26 heavy (non-hydrogen) atoms. The highest BCUT2D eigenvalue weighted by atomic mass is 16.5. The van der Waals surface area contributed by atoms with Crippen molar-refractivity contribution in [1.82, 2.24) is 14.9 Å². The van der Waals surface area contributed by atoms with Gasteiger partial charge in [-0.25, -0.2) is 9.97 Å². The van der Waals surface area contributed by atoms with Gasteiger partial charge in [-0.3, -0.25) is 4.79 Å². The van der Waals surface area contributed by atoms with E-state index in [0.717, 1.165) is 24.5 Å². The van der Waals surface area contributed by atoms with Gasteiger partial charge in [-0.1, -0.05) is 18.2 Å². The summed E-state index contributed by atoms with van der Waals surface area (Å²) in [5.41, 5.74) is 1.46. The number of amides is 1. The van der Waals surface area contributed by atoms with E-state index in [-0.39, 0.29) is 5.91 Å². The fraction of sp³-hybridized carbons (Fsp3) is 0.316. The summed E-state index contributed by atoms with van der Waals surface area (Å²) < 4.78 is 5.43. The van der Waals surface area contributed by atoms with Crippen LogP contribution in [0.2, 0.25) is 0 Å². The van der Waals surface area contributed by atoms with E-state index in [1.165, 1.54) is 6.33 Å². The van der Waals surface area contributed by atoms with Crippen LogP contribution in [0.15, 0.2) is 49.3 Å². The molecule has 1 N–H and O–H groups in total. The van der Waals surface area contributed by atoms with Crippen molar-refractivity contribution < 1.29 is 9.53 Å². The lowest BCUT2D eigenvalue weighted by molar-refractivity contribution is 0.0740. The third kappa shape index (κ3) is 3.93. The zero-order valence-electron chi connectivity index (χ0n) is 14.9. The van der Waals surface area contributed by atoms with E-state index < -0.39 is 0 Å². The van der Waals surface area contributed by atoms with Gasteiger partial charge in [0, 0.05) is 38.8 Å². The van der Waals surface area contributed by atoms with E-state index in [4.69, 9.17) is 4.74 Å². The molecule has 0 atom stereocenters. The Morgan fingerprint density at radius 2 is 2.04 bits per heavy atom. The van der Waals surface area contributed by atoms with Gasteiger partial charge in [0.2, 0.25) is 0 Å². The molecule has 0 saturated carbocycles. The molecule has 2 aromatic rings. The SMILES string of the molecule is C=CCNc1cc(C(=O)N2CCN(c3ccccc3OC)CC2)ncn1. The van der Waals surface area contributed by atoms with Gasteiger partial charge in [0.05, 0.1) is 12.8 Å². The second kappa shape index (κ2) is 8.33. The van der Waals surface area contributed by atoms with Gasteiger partial charge in [0.15, 0.2) is 0 Å². The molecule has 1 aromatic heterocycles. The number of carbonyl (C=O) groups is 1. The normalized spacial score (nSPS) is 14.0. The summed E-state index contributed by atoms with van der Waals surface area (Å²) in [4.78, 5) is 25.0. The molecule has 2 heterocycles. The van der Waals surface area contributed by atoms with E-state index in [2.05, 4.69) is 26.8 Å². The molecule has 1 aromatic carbocycles. The lowest BCUT2D eigenvalue weighted by Gasteiger charge is -2.36. The lowest BCUT2D eigenvalue weighted by Crippen LogP contribution is -2.49. The number of benzene rings is 1. The molecule has 136 valence electrons. The molecule has 7 nitrogen and oxygen atoms in total. The first-order valence-corrected chi connectivity index (χ1v) is 8.57. The highest BCUT2D eigenvalue weighted by Crippen LogP contribution is 2.28. The largest absolute Gasteiger partial charge is 0.495 e. The predicted octanol–water partition coefficient (Wildman–Crippen LogP) is 2.05. The van der Waals surface area contributed by atoms with Gasteiger partial charge < -0.3 is 19.9 Å². The van der Waals surface area contributed by atoms with Gasteiger partial charge in [-0.05, 0) is 12.1 Å². The Morgan fingerprint density at radius 1 is 1.27 bits per heavy atom. The van der Waals surface area contributed by atoms with Crippen molar-refractivity contribution in [2.75, 3.05) is 50.1 Å². The average Bonchev–Trinajstić information content (AvgIpc) is 2.72. The number of nitrogens with zero attached hydrogens (tertiary/aromatic N) is 4. The van der Waals surface area contributed by atoms with Crippen molar-refractivity contribution in [3.8, 4) is 5.75 Å². The smallest absolute Gasteiger partial charge is 0.272 e. The van der Waals surface area contributed by atoms with Gasteiger partial charge in [-0.2, -0.15) is 0 Å². The van der Waals surface area contributed by atoms with Crippen LogP contribution < -0.4 is 15.0 Å². The minimum atomic E-state index is -0.0753. The first kappa shape index (κ1) is 17.7. The maximum atomic E-state index is 12.7. The summed E-state index contributed by atoms with van der Waals surface area (Å²) in [5, 5.41) is 3.07. The van der Waals surface area contributed by atoms with E-state index in [0.29, 0.717) is 31.1 Å². The second-order valence-electron chi connectivity index (χ2n) is 5.91. The van der Waals surface area contributed by atoms with Crippen molar-refractivity contribution in [3.63, 3.8) is 0 Å². The summed E-state index contributed by atoms with van der Waals surface area (Å²) in [7, 11) is 1.67. The van der Waals surface area contributed by atoms with Crippen LogP contribution in [0.4, 0.5) is 11.5 Å². The highest BCUT2D eigenvalue weighted by molar-refractivity contribution is 5.93. The molecule has 1 amide bonds. The van der Waals surface area contributed by atoms with Crippen LogP contribution in [0.1, 0.15) is 10.5 Å². The molecule has 1 fully saturated rings. The molecule has 0 bridgehead atoms. The minimum absolute atomic E-state index is 0.0753. The molecule has 0 aliphatic carbocycles. The third-order valence-electron chi connectivity index (χ3n) is 4.31. The summed E-state index contributed by atoms with van der Waals surface area (Å²) >= 11 is 0. The summed E-state index contributed by atoms with van der Waals surface area (Å²) in [6, 6.07) is 9.62. The highest BCUT2D eigenvalue weighted by Gasteiger charge is 2.24. The minimum Gasteiger partial charge on any atom is -0.495 e. The zero-order valence-corrected chi connectivity index (χ0v) is 14.9. The number of nitrogens with one attached hydrogen (secondary N) is 1. The van der Waals surface area contributed by atoms with Gasteiger partial charge >= 0.3 is 0 Å². The molecular weight excluding hydrogens is 330 g/mol. The fourth-order valence-electron chi connectivity index (χ4n) is 2.95. The number of ether oxygens (including phenoxy) is 1. The maximum Gasteiger partial charge on any atom is 0.272 e. The third-order valence-corrected chi connectivity index (χ3v) is 4.31. The summed E-state index contributed by atoms with van der Waals surface area (Å²) in [6.07, 6.45) is 3.14. The molecule has 1 saturated heterocycles. The van der Waals surface area contributed by atoms with E-state index in [1.807, 2.05) is 29.2 Å². The molecule has 1 aliphatic heterocycles. The number of para-hydroxylation sites is 2. The summed E-state index contributed by atoms with van der Waals surface area (Å²) in [6.45, 7) is 7.01. The Kier molecular flexibility index (Phi) is 5.68. The van der Waals surface area contributed by atoms with Gasteiger partial charge in [0.25, 0.3) is 5.91 Å². The van der Waals surface area contributed by atoms with Crippen molar-refractivity contribution in [3.05, 3.63) is 55.0 Å². The Balaban J connectivity index is 1.64. The first-order chi connectivity index (χ1) is 12.7. The van der Waals surface area contributed by atoms with Crippen LogP contribution >= 0.6 is 0 Å². The van der Waals surface area contributed by atoms with Gasteiger partial charge in [0.1, 0.15) is 23.6 Å². The quantitative estimate of drug-likeness (QED) is 0.802. The van der Waals surface area contributed by atoms with E-state index >= 15 is 0 Å². The van der Waals surface area contributed by atoms with Crippen molar-refractivity contribution in [2.45, 2.75) is 0 Å².